The van der Waals surface area contributed by atoms with Crippen LogP contribution >= 0.6 is 0 Å². The number of hydrogen-bond acceptors (Lipinski definition) is 6. The molecule has 29 heavy (non-hydrogen) atoms. The van der Waals surface area contributed by atoms with Gasteiger partial charge in [0.05, 0.1) is 24.7 Å². The second-order valence-corrected chi connectivity index (χ2v) is 10.3. The Morgan fingerprint density at radius 3 is 2.76 bits per heavy atom. The summed E-state index contributed by atoms with van der Waals surface area (Å²) in [6.07, 6.45) is 0.539. The Hall–Kier alpha value is -2.45. The zero-order chi connectivity index (χ0) is 20.6. The van der Waals surface area contributed by atoms with E-state index >= 15 is 0 Å². The zero-order valence-electron chi connectivity index (χ0n) is 16.2. The predicted octanol–water partition coefficient (Wildman–Crippen LogP) is 1.94. The van der Waals surface area contributed by atoms with Gasteiger partial charge in [-0.05, 0) is 43.7 Å². The summed E-state index contributed by atoms with van der Waals surface area (Å²) < 4.78 is 30.4. The summed E-state index contributed by atoms with van der Waals surface area (Å²) in [5.41, 5.74) is 2.08. The maximum absolute atomic E-state index is 12.8. The van der Waals surface area contributed by atoms with E-state index in [4.69, 9.17) is 4.74 Å². The zero-order valence-corrected chi connectivity index (χ0v) is 17.1. The van der Waals surface area contributed by atoms with E-state index in [1.54, 1.807) is 12.1 Å². The molecule has 1 atom stereocenters. The van der Waals surface area contributed by atoms with Crippen LogP contribution in [0.5, 0.6) is 5.75 Å². The van der Waals surface area contributed by atoms with Crippen LogP contribution in [0.15, 0.2) is 42.5 Å². The molecule has 7 nitrogen and oxygen atoms in total. The molecule has 154 valence electrons. The summed E-state index contributed by atoms with van der Waals surface area (Å²) in [7, 11) is -3.30. The monoisotopic (exact) mass is 416 g/mol. The van der Waals surface area contributed by atoms with Crippen LogP contribution in [0.4, 0.5) is 0 Å². The molecule has 0 saturated carbocycles. The second-order valence-electron chi connectivity index (χ2n) is 7.87. The number of benzene rings is 1. The van der Waals surface area contributed by atoms with E-state index in [1.165, 1.54) is 17.0 Å². The predicted molar refractivity (Wildman–Crippen MR) is 107 cm³/mol. The molecule has 1 spiro atoms. The fourth-order valence-corrected chi connectivity index (χ4v) is 6.66. The third-order valence-corrected chi connectivity index (χ3v) is 8.51. The van der Waals surface area contributed by atoms with Crippen molar-refractivity contribution >= 4 is 15.7 Å². The highest BCUT2D eigenvalue weighted by atomic mass is 32.2. The van der Waals surface area contributed by atoms with Crippen molar-refractivity contribution in [2.75, 3.05) is 25.4 Å². The molecule has 2 fully saturated rings. The average Bonchev–Trinajstić information content (AvgIpc) is 2.90. The summed E-state index contributed by atoms with van der Waals surface area (Å²) in [5, 5.41) is 9.58. The number of amides is 1. The highest BCUT2D eigenvalue weighted by Gasteiger charge is 2.62. The SMILES string of the molecule is Cc1cccc(COC[C@@H]2CCS(=O)(=O)C23CN(C(=O)c2cccc(O)c2)C3)n1. The number of hydrogen-bond donors (Lipinski definition) is 1. The van der Waals surface area contributed by atoms with Gasteiger partial charge in [0, 0.05) is 30.3 Å². The van der Waals surface area contributed by atoms with Gasteiger partial charge in [0.15, 0.2) is 9.84 Å². The van der Waals surface area contributed by atoms with Crippen molar-refractivity contribution in [3.63, 3.8) is 0 Å². The number of aryl methyl sites for hydroxylation is 1. The first kappa shape index (κ1) is 19.8. The van der Waals surface area contributed by atoms with Gasteiger partial charge in [-0.1, -0.05) is 12.1 Å². The first-order valence-corrected chi connectivity index (χ1v) is 11.3. The number of sulfone groups is 1. The standard InChI is InChI=1S/C21H24N2O5S/c1-15-4-2-6-18(22-15)12-28-11-17-8-9-29(26,27)21(17)13-23(14-21)20(25)16-5-3-7-19(24)10-16/h2-7,10,17,24H,8-9,11-14H2,1H3/t17-/m0/s1. The quantitative estimate of drug-likeness (QED) is 0.800. The Kier molecular flexibility index (Phi) is 5.08. The van der Waals surface area contributed by atoms with Gasteiger partial charge in [-0.2, -0.15) is 0 Å². The van der Waals surface area contributed by atoms with E-state index in [0.717, 1.165) is 11.4 Å². The highest BCUT2D eigenvalue weighted by molar-refractivity contribution is 7.93. The van der Waals surface area contributed by atoms with Crippen LogP contribution in [0.2, 0.25) is 0 Å². The van der Waals surface area contributed by atoms with E-state index in [9.17, 15) is 18.3 Å². The fraction of sp³-hybridized carbons (Fsp3) is 0.429. The molecule has 2 saturated heterocycles. The Bertz CT molecular complexity index is 1030. The molecule has 4 rings (SSSR count). The first-order chi connectivity index (χ1) is 13.8. The average molecular weight is 416 g/mol. The Balaban J connectivity index is 1.42. The fourth-order valence-electron chi connectivity index (χ4n) is 4.26. The molecule has 0 radical (unpaired) electrons. The number of nitrogens with zero attached hydrogens (tertiary/aromatic N) is 2. The molecule has 1 amide bonds. The molecule has 2 aromatic rings. The summed E-state index contributed by atoms with van der Waals surface area (Å²) in [5.74, 6) is -0.281. The van der Waals surface area contributed by atoms with Gasteiger partial charge in [-0.3, -0.25) is 9.78 Å². The van der Waals surface area contributed by atoms with Crippen LogP contribution in [0, 0.1) is 12.8 Å². The molecular weight excluding hydrogens is 392 g/mol. The third-order valence-electron chi connectivity index (χ3n) is 5.91. The molecule has 1 aromatic carbocycles. The second kappa shape index (κ2) is 7.42. The molecule has 0 unspecified atom stereocenters. The summed E-state index contributed by atoms with van der Waals surface area (Å²) in [6.45, 7) is 2.90. The van der Waals surface area contributed by atoms with Crippen LogP contribution < -0.4 is 0 Å². The molecule has 2 aliphatic heterocycles. The van der Waals surface area contributed by atoms with Crippen molar-refractivity contribution in [3.8, 4) is 5.75 Å². The minimum absolute atomic E-state index is 0.00982. The van der Waals surface area contributed by atoms with Crippen LogP contribution in [0.3, 0.4) is 0 Å². The lowest BCUT2D eigenvalue weighted by molar-refractivity contribution is 0.0204. The van der Waals surface area contributed by atoms with Crippen molar-refractivity contribution in [2.24, 2.45) is 5.92 Å². The molecular formula is C21H24N2O5S. The first-order valence-electron chi connectivity index (χ1n) is 9.62. The molecule has 0 aliphatic carbocycles. The van der Waals surface area contributed by atoms with E-state index in [0.29, 0.717) is 25.2 Å². The Morgan fingerprint density at radius 2 is 2.03 bits per heavy atom. The van der Waals surface area contributed by atoms with Gasteiger partial charge >= 0.3 is 0 Å². The lowest BCUT2D eigenvalue weighted by atomic mass is 9.83. The molecule has 1 N–H and O–H groups in total. The number of phenols is 1. The number of carbonyl (C=O) groups is 1. The van der Waals surface area contributed by atoms with E-state index in [1.807, 2.05) is 25.1 Å². The van der Waals surface area contributed by atoms with Crippen LogP contribution in [0.1, 0.15) is 28.2 Å². The van der Waals surface area contributed by atoms with Gasteiger partial charge in [0.25, 0.3) is 5.91 Å². The van der Waals surface area contributed by atoms with Crippen LogP contribution in [0.25, 0.3) is 0 Å². The minimum Gasteiger partial charge on any atom is -0.508 e. The number of pyridine rings is 1. The smallest absolute Gasteiger partial charge is 0.254 e. The summed E-state index contributed by atoms with van der Waals surface area (Å²) in [6, 6.07) is 11.8. The maximum atomic E-state index is 12.8. The number of likely N-dealkylation sites (tertiary alicyclic amines) is 1. The van der Waals surface area contributed by atoms with E-state index in [2.05, 4.69) is 4.98 Å². The number of carbonyl (C=O) groups excluding carboxylic acids is 1. The molecule has 0 bridgehead atoms. The highest BCUT2D eigenvalue weighted by Crippen LogP contribution is 2.45. The molecule has 8 heteroatoms. The summed E-state index contributed by atoms with van der Waals surface area (Å²) in [4.78, 5) is 18.6. The van der Waals surface area contributed by atoms with Crippen molar-refractivity contribution in [2.45, 2.75) is 24.7 Å². The summed E-state index contributed by atoms with van der Waals surface area (Å²) >= 11 is 0. The van der Waals surface area contributed by atoms with Crippen LogP contribution in [-0.4, -0.2) is 59.5 Å². The number of rotatable bonds is 5. The van der Waals surface area contributed by atoms with Crippen molar-refractivity contribution in [3.05, 3.63) is 59.4 Å². The van der Waals surface area contributed by atoms with Gasteiger partial charge in [0.2, 0.25) is 0 Å². The number of aromatic nitrogens is 1. The van der Waals surface area contributed by atoms with Crippen molar-refractivity contribution in [1.29, 1.82) is 0 Å². The number of aromatic hydroxyl groups is 1. The van der Waals surface area contributed by atoms with Crippen LogP contribution in [-0.2, 0) is 21.2 Å². The van der Waals surface area contributed by atoms with Gasteiger partial charge in [-0.15, -0.1) is 0 Å². The van der Waals surface area contributed by atoms with E-state index in [-0.39, 0.29) is 36.4 Å². The lowest BCUT2D eigenvalue weighted by Gasteiger charge is -2.49. The lowest BCUT2D eigenvalue weighted by Crippen LogP contribution is -2.68. The van der Waals surface area contributed by atoms with Gasteiger partial charge in [-0.25, -0.2) is 8.42 Å². The van der Waals surface area contributed by atoms with Gasteiger partial charge in [0.1, 0.15) is 10.5 Å². The largest absolute Gasteiger partial charge is 0.508 e. The molecule has 2 aliphatic rings. The van der Waals surface area contributed by atoms with Gasteiger partial charge < -0.3 is 14.7 Å². The molecule has 1 aromatic heterocycles. The van der Waals surface area contributed by atoms with Crippen molar-refractivity contribution < 1.29 is 23.1 Å². The van der Waals surface area contributed by atoms with Crippen molar-refractivity contribution in [1.82, 2.24) is 9.88 Å². The van der Waals surface area contributed by atoms with E-state index < -0.39 is 14.6 Å². The Morgan fingerprint density at radius 1 is 1.28 bits per heavy atom. The normalized spacial score (nSPS) is 21.8. The topological polar surface area (TPSA) is 96.8 Å². The number of ether oxygens (including phenoxy) is 1. The maximum Gasteiger partial charge on any atom is 0.254 e. The minimum atomic E-state index is -3.30. The molecule has 3 heterocycles. The third kappa shape index (κ3) is 3.62. The number of phenolic OH excluding ortho intramolecular Hbond substituents is 1. The Labute approximate surface area is 170 Å².